The summed E-state index contributed by atoms with van der Waals surface area (Å²) in [7, 11) is 2.22. The van der Waals surface area contributed by atoms with Crippen LogP contribution in [0.25, 0.3) is 23.1 Å². The van der Waals surface area contributed by atoms with E-state index in [1.54, 1.807) is 0 Å². The van der Waals surface area contributed by atoms with E-state index in [1.807, 2.05) is 42.5 Å². The van der Waals surface area contributed by atoms with E-state index < -0.39 is 0 Å². The second kappa shape index (κ2) is 12.0. The summed E-state index contributed by atoms with van der Waals surface area (Å²) in [6, 6.07) is 26.8. The predicted molar refractivity (Wildman–Crippen MR) is 153 cm³/mol. The zero-order valence-corrected chi connectivity index (χ0v) is 21.6. The van der Waals surface area contributed by atoms with Gasteiger partial charge in [0.25, 0.3) is 0 Å². The maximum absolute atomic E-state index is 11.3. The van der Waals surface area contributed by atoms with E-state index in [1.165, 1.54) is 43.5 Å². The van der Waals surface area contributed by atoms with Gasteiger partial charge in [-0.05, 0) is 93.6 Å². The Bertz CT molecular complexity index is 1310. The summed E-state index contributed by atoms with van der Waals surface area (Å²) in [6.45, 7) is 2.48. The second-order valence-corrected chi connectivity index (χ2v) is 10.3. The van der Waals surface area contributed by atoms with Gasteiger partial charge in [-0.2, -0.15) is 5.10 Å². The van der Waals surface area contributed by atoms with E-state index in [-0.39, 0.29) is 11.8 Å². The molecular formula is C32H36N4O. The van der Waals surface area contributed by atoms with Crippen LogP contribution in [-0.2, 0) is 11.2 Å². The minimum absolute atomic E-state index is 0.168. The normalized spacial score (nSPS) is 16.5. The summed E-state index contributed by atoms with van der Waals surface area (Å²) in [4.78, 5) is 13.7. The van der Waals surface area contributed by atoms with Crippen molar-refractivity contribution in [3.05, 3.63) is 95.7 Å². The van der Waals surface area contributed by atoms with Gasteiger partial charge < -0.3 is 10.2 Å². The monoisotopic (exact) mass is 492 g/mol. The van der Waals surface area contributed by atoms with Crippen molar-refractivity contribution >= 4 is 34.6 Å². The lowest BCUT2D eigenvalue weighted by molar-refractivity contribution is -0.117. The molecule has 1 saturated heterocycles. The Morgan fingerprint density at radius 2 is 1.62 bits per heavy atom. The van der Waals surface area contributed by atoms with Gasteiger partial charge in [0.2, 0.25) is 5.91 Å². The first-order valence-corrected chi connectivity index (χ1v) is 13.4. The quantitative estimate of drug-likeness (QED) is 0.317. The van der Waals surface area contributed by atoms with Crippen LogP contribution >= 0.6 is 0 Å². The first-order chi connectivity index (χ1) is 18.1. The number of benzene rings is 3. The summed E-state index contributed by atoms with van der Waals surface area (Å²) in [5, 5.41) is 11.5. The van der Waals surface area contributed by atoms with E-state index in [2.05, 4.69) is 76.0 Å². The van der Waals surface area contributed by atoms with Crippen LogP contribution in [0.4, 0.5) is 5.69 Å². The fourth-order valence-electron chi connectivity index (χ4n) is 4.76. The molecule has 190 valence electrons. The Labute approximate surface area is 219 Å². The highest BCUT2D eigenvalue weighted by atomic mass is 16.2. The van der Waals surface area contributed by atoms with Gasteiger partial charge in [0.05, 0.1) is 11.2 Å². The molecule has 2 fully saturated rings. The Kier molecular flexibility index (Phi) is 8.11. The highest BCUT2D eigenvalue weighted by molar-refractivity contribution is 5.94. The lowest BCUT2D eigenvalue weighted by Crippen LogP contribution is -2.30. The van der Waals surface area contributed by atoms with E-state index in [0.717, 1.165) is 41.0 Å². The number of rotatable bonds is 6. The SMILES string of the molecule is CN1CCC(Cc2ccc(/C=C/c3n[nH]c4ccccc34)cc2)CC1.O=C(Nc1ccccc1)C1CC1. The van der Waals surface area contributed by atoms with Crippen molar-refractivity contribution in [3.63, 3.8) is 0 Å². The fourth-order valence-corrected chi connectivity index (χ4v) is 4.76. The van der Waals surface area contributed by atoms with Crippen LogP contribution in [0.5, 0.6) is 0 Å². The van der Waals surface area contributed by atoms with Crippen LogP contribution < -0.4 is 5.32 Å². The van der Waals surface area contributed by atoms with Crippen molar-refractivity contribution in [2.75, 3.05) is 25.5 Å². The van der Waals surface area contributed by atoms with Gasteiger partial charge in [-0.15, -0.1) is 0 Å². The van der Waals surface area contributed by atoms with E-state index in [0.29, 0.717) is 0 Å². The van der Waals surface area contributed by atoms with E-state index in [9.17, 15) is 4.79 Å². The minimum atomic E-state index is 0.168. The summed E-state index contributed by atoms with van der Waals surface area (Å²) in [6.07, 6.45) is 10.2. The molecule has 1 aliphatic carbocycles. The van der Waals surface area contributed by atoms with E-state index >= 15 is 0 Å². The molecule has 2 heterocycles. The largest absolute Gasteiger partial charge is 0.326 e. The van der Waals surface area contributed by atoms with Gasteiger partial charge in [0.1, 0.15) is 0 Å². The van der Waals surface area contributed by atoms with Gasteiger partial charge in [-0.1, -0.05) is 66.7 Å². The molecular weight excluding hydrogens is 456 g/mol. The molecule has 37 heavy (non-hydrogen) atoms. The number of carbonyl (C=O) groups is 1. The molecule has 5 heteroatoms. The summed E-state index contributed by atoms with van der Waals surface area (Å²) in [5.41, 5.74) is 5.65. The van der Waals surface area contributed by atoms with Gasteiger partial charge in [-0.3, -0.25) is 9.89 Å². The highest BCUT2D eigenvalue weighted by Gasteiger charge is 2.29. The number of likely N-dealkylation sites (tertiary alicyclic amines) is 1. The third-order valence-electron chi connectivity index (χ3n) is 7.27. The molecule has 0 unspecified atom stereocenters. The van der Waals surface area contributed by atoms with Crippen molar-refractivity contribution in [3.8, 4) is 0 Å². The standard InChI is InChI=1S/C22H25N3.C10H11NO/c1-25-14-12-19(13-15-25)16-18-8-6-17(7-9-18)10-11-22-20-4-2-3-5-21(20)23-24-22;12-10(8-6-7-8)11-9-4-2-1-3-5-9/h2-11,19H,12-16H2,1H3,(H,23,24);1-5,8H,6-7H2,(H,11,12)/b11-10+;. The second-order valence-electron chi connectivity index (χ2n) is 10.3. The number of fused-ring (bicyclic) bond motifs is 1. The Morgan fingerprint density at radius 3 is 2.35 bits per heavy atom. The number of hydrogen-bond donors (Lipinski definition) is 2. The molecule has 0 radical (unpaired) electrons. The van der Waals surface area contributed by atoms with Crippen molar-refractivity contribution in [2.45, 2.75) is 32.1 Å². The zero-order valence-electron chi connectivity index (χ0n) is 21.6. The highest BCUT2D eigenvalue weighted by Crippen LogP contribution is 2.30. The number of anilines is 1. The lowest BCUT2D eigenvalue weighted by Gasteiger charge is -2.28. The number of amides is 1. The van der Waals surface area contributed by atoms with Gasteiger partial charge >= 0.3 is 0 Å². The average molecular weight is 493 g/mol. The molecule has 0 bridgehead atoms. The molecule has 2 N–H and O–H groups in total. The third kappa shape index (κ3) is 7.17. The molecule has 1 aliphatic heterocycles. The zero-order chi connectivity index (χ0) is 25.5. The maximum atomic E-state index is 11.3. The van der Waals surface area contributed by atoms with Crippen LogP contribution in [0.1, 0.15) is 42.5 Å². The predicted octanol–water partition coefficient (Wildman–Crippen LogP) is 6.65. The van der Waals surface area contributed by atoms with Crippen molar-refractivity contribution < 1.29 is 4.79 Å². The first kappa shape index (κ1) is 25.0. The lowest BCUT2D eigenvalue weighted by atomic mass is 9.90. The summed E-state index contributed by atoms with van der Waals surface area (Å²) < 4.78 is 0. The first-order valence-electron chi connectivity index (χ1n) is 13.4. The van der Waals surface area contributed by atoms with Gasteiger partial charge in [0, 0.05) is 17.0 Å². The van der Waals surface area contributed by atoms with Crippen LogP contribution in [0.15, 0.2) is 78.9 Å². The van der Waals surface area contributed by atoms with Crippen molar-refractivity contribution in [2.24, 2.45) is 11.8 Å². The smallest absolute Gasteiger partial charge is 0.227 e. The van der Waals surface area contributed by atoms with Crippen LogP contribution in [-0.4, -0.2) is 41.1 Å². The number of aromatic amines is 1. The average Bonchev–Trinajstić information content (AvgIpc) is 3.71. The fraction of sp³-hybridized carbons (Fsp3) is 0.312. The molecule has 5 nitrogen and oxygen atoms in total. The molecule has 2 aliphatic rings. The minimum Gasteiger partial charge on any atom is -0.326 e. The number of aromatic nitrogens is 2. The van der Waals surface area contributed by atoms with Gasteiger partial charge in [-0.25, -0.2) is 0 Å². The number of nitrogens with zero attached hydrogens (tertiary/aromatic N) is 2. The van der Waals surface area contributed by atoms with Crippen LogP contribution in [0.2, 0.25) is 0 Å². The molecule has 0 atom stereocenters. The number of piperidine rings is 1. The van der Waals surface area contributed by atoms with Crippen LogP contribution in [0, 0.1) is 11.8 Å². The van der Waals surface area contributed by atoms with E-state index in [4.69, 9.17) is 0 Å². The Balaban J connectivity index is 0.000000195. The molecule has 6 rings (SSSR count). The number of hydrogen-bond acceptors (Lipinski definition) is 3. The molecule has 3 aromatic carbocycles. The van der Waals surface area contributed by atoms with Gasteiger partial charge in [0.15, 0.2) is 0 Å². The number of H-pyrrole nitrogens is 1. The summed E-state index contributed by atoms with van der Waals surface area (Å²) in [5.74, 6) is 1.29. The molecule has 0 spiro atoms. The van der Waals surface area contributed by atoms with Crippen molar-refractivity contribution in [1.29, 1.82) is 0 Å². The molecule has 1 saturated carbocycles. The molecule has 1 aromatic heterocycles. The Hall–Kier alpha value is -3.70. The summed E-state index contributed by atoms with van der Waals surface area (Å²) >= 11 is 0. The Morgan fingerprint density at radius 1 is 0.919 bits per heavy atom. The number of nitrogens with one attached hydrogen (secondary N) is 2. The van der Waals surface area contributed by atoms with Crippen molar-refractivity contribution in [1.82, 2.24) is 15.1 Å². The van der Waals surface area contributed by atoms with Crippen LogP contribution in [0.3, 0.4) is 0 Å². The third-order valence-corrected chi connectivity index (χ3v) is 7.27. The maximum Gasteiger partial charge on any atom is 0.227 e. The number of carbonyl (C=O) groups excluding carboxylic acids is 1. The topological polar surface area (TPSA) is 61.0 Å². The molecule has 4 aromatic rings. The molecule has 1 amide bonds. The number of para-hydroxylation sites is 2.